The molecule has 0 aromatic carbocycles. The van der Waals surface area contributed by atoms with E-state index < -0.39 is 18.1 Å². The normalized spacial score (nSPS) is 13.4. The zero-order valence-electron chi connectivity index (χ0n) is 36.8. The number of rotatable bonds is 40. The van der Waals surface area contributed by atoms with E-state index in [0.29, 0.717) is 12.8 Å². The van der Waals surface area contributed by atoms with Crippen molar-refractivity contribution >= 4 is 17.9 Å². The Morgan fingerprint density at radius 2 is 1.02 bits per heavy atom. The van der Waals surface area contributed by atoms with Gasteiger partial charge < -0.3 is 28.6 Å². The summed E-state index contributed by atoms with van der Waals surface area (Å²) >= 11 is 0. The van der Waals surface area contributed by atoms with E-state index in [1.54, 1.807) is 21.1 Å². The Labute approximate surface area is 344 Å². The van der Waals surface area contributed by atoms with Gasteiger partial charge in [0.05, 0.1) is 40.3 Å². The van der Waals surface area contributed by atoms with Crippen molar-refractivity contribution in [1.82, 2.24) is 0 Å². The summed E-state index contributed by atoms with van der Waals surface area (Å²) in [6.45, 7) is 4.50. The number of esters is 2. The molecular weight excluding hydrogens is 703 g/mol. The van der Waals surface area contributed by atoms with Crippen LogP contribution in [0, 0.1) is 0 Å². The maximum atomic E-state index is 12.7. The second kappa shape index (κ2) is 39.1. The van der Waals surface area contributed by atoms with E-state index in [0.717, 1.165) is 64.2 Å². The Morgan fingerprint density at radius 1 is 0.554 bits per heavy atom. The first-order valence-corrected chi connectivity index (χ1v) is 22.7. The molecule has 0 aliphatic heterocycles. The van der Waals surface area contributed by atoms with Gasteiger partial charge in [-0.1, -0.05) is 159 Å². The molecule has 0 fully saturated rings. The van der Waals surface area contributed by atoms with Crippen molar-refractivity contribution in [3.8, 4) is 0 Å². The molecule has 56 heavy (non-hydrogen) atoms. The molecule has 2 atom stereocenters. The number of quaternary nitrogens is 1. The topological polar surface area (TPSA) is 102 Å². The number of carbonyl (C=O) groups is 3. The number of likely N-dealkylation sites (N-methyl/N-ethyl adjacent to an activating group) is 1. The van der Waals surface area contributed by atoms with E-state index in [9.17, 15) is 19.5 Å². The second-order valence-corrected chi connectivity index (χ2v) is 16.3. The van der Waals surface area contributed by atoms with E-state index in [2.05, 4.69) is 50.3 Å². The third kappa shape index (κ3) is 36.9. The van der Waals surface area contributed by atoms with Gasteiger partial charge in [0.15, 0.2) is 6.10 Å². The molecule has 0 saturated carbocycles. The van der Waals surface area contributed by atoms with E-state index >= 15 is 0 Å². The predicted octanol–water partition coefficient (Wildman–Crippen LogP) is 11.1. The summed E-state index contributed by atoms with van der Waals surface area (Å²) in [5.74, 6) is -1.77. The minimum absolute atomic E-state index is 0.0303. The lowest BCUT2D eigenvalue weighted by Crippen LogP contribution is -2.55. The molecule has 8 heteroatoms. The van der Waals surface area contributed by atoms with Crippen LogP contribution < -0.4 is 5.11 Å². The van der Waals surface area contributed by atoms with Crippen molar-refractivity contribution in [3.63, 3.8) is 0 Å². The molecule has 0 saturated heterocycles. The smallest absolute Gasteiger partial charge is 0.306 e. The quantitative estimate of drug-likeness (QED) is 0.0200. The van der Waals surface area contributed by atoms with Crippen LogP contribution in [0.4, 0.5) is 0 Å². The summed E-state index contributed by atoms with van der Waals surface area (Å²) < 4.78 is 17.1. The van der Waals surface area contributed by atoms with Gasteiger partial charge in [0, 0.05) is 19.3 Å². The Kier molecular flexibility index (Phi) is 37.2. The maximum absolute atomic E-state index is 12.7. The van der Waals surface area contributed by atoms with Crippen LogP contribution >= 0.6 is 0 Å². The number of carboxylic acid groups (broad SMARTS) is 1. The number of ether oxygens (including phenoxy) is 3. The molecule has 0 spiro atoms. The lowest BCUT2D eigenvalue weighted by Gasteiger charge is -2.34. The van der Waals surface area contributed by atoms with Crippen LogP contribution in [0.2, 0.25) is 0 Å². The van der Waals surface area contributed by atoms with Crippen LogP contribution in [0.3, 0.4) is 0 Å². The summed E-state index contributed by atoms with van der Waals surface area (Å²) in [4.78, 5) is 36.8. The summed E-state index contributed by atoms with van der Waals surface area (Å²) in [6.07, 6.45) is 45.7. The molecule has 0 bridgehead atoms. The highest BCUT2D eigenvalue weighted by Gasteiger charge is 2.25. The summed E-state index contributed by atoms with van der Waals surface area (Å²) in [7, 11) is 5.39. The number of aliphatic carboxylic acids is 1. The SMILES string of the molecule is CC/C=C/C=C/C=C/CCCCCCCC(=O)OC(COCCC(C(=O)[O-])[N+](C)(C)C)COC(=O)CCCCCCCCC/C=C/CCCCCCCCCC. The fraction of sp³-hybridized carbons (Fsp3) is 0.771. The standard InChI is InChI=1S/C48H85NO7/c1-6-8-10-12-14-16-18-20-21-22-23-24-25-27-28-30-32-34-36-38-46(50)55-43-44(42-54-41-40-45(48(52)53)49(3,4)5)56-47(51)39-37-35-33-31-29-26-19-17-15-13-11-9-7-2/h9,11,13,15,17,19,22-23,44-45H,6-8,10,12,14,16,18,20-21,24-43H2,1-5H3/b11-9+,15-13+,19-17+,23-22+. The van der Waals surface area contributed by atoms with Crippen LogP contribution in [0.5, 0.6) is 0 Å². The van der Waals surface area contributed by atoms with E-state index in [-0.39, 0.29) is 42.7 Å². The van der Waals surface area contributed by atoms with Crippen molar-refractivity contribution in [2.24, 2.45) is 0 Å². The molecule has 324 valence electrons. The predicted molar refractivity (Wildman–Crippen MR) is 231 cm³/mol. The Morgan fingerprint density at radius 3 is 1.52 bits per heavy atom. The monoisotopic (exact) mass is 788 g/mol. The number of hydrogen-bond acceptors (Lipinski definition) is 7. The van der Waals surface area contributed by atoms with Crippen molar-refractivity contribution < 1.29 is 38.2 Å². The van der Waals surface area contributed by atoms with Crippen LogP contribution in [-0.2, 0) is 28.6 Å². The Balaban J connectivity index is 4.31. The molecule has 0 aliphatic rings. The van der Waals surface area contributed by atoms with Gasteiger partial charge in [-0.3, -0.25) is 9.59 Å². The molecule has 0 aliphatic carbocycles. The average Bonchev–Trinajstić information content (AvgIpc) is 3.15. The molecular formula is C48H85NO7. The van der Waals surface area contributed by atoms with Crippen molar-refractivity contribution in [1.29, 1.82) is 0 Å². The molecule has 0 radical (unpaired) electrons. The Hall–Kier alpha value is -2.71. The highest BCUT2D eigenvalue weighted by molar-refractivity contribution is 5.70. The van der Waals surface area contributed by atoms with Crippen LogP contribution in [0.15, 0.2) is 48.6 Å². The van der Waals surface area contributed by atoms with Gasteiger partial charge in [0.25, 0.3) is 0 Å². The summed E-state index contributed by atoms with van der Waals surface area (Å²) in [5, 5.41) is 11.6. The number of allylic oxidation sites excluding steroid dienone is 8. The lowest BCUT2D eigenvalue weighted by atomic mass is 10.1. The fourth-order valence-corrected chi connectivity index (χ4v) is 6.48. The highest BCUT2D eigenvalue weighted by atomic mass is 16.6. The number of carbonyl (C=O) groups excluding carboxylic acids is 3. The van der Waals surface area contributed by atoms with Crippen molar-refractivity contribution in [2.45, 2.75) is 199 Å². The lowest BCUT2D eigenvalue weighted by molar-refractivity contribution is -0.889. The van der Waals surface area contributed by atoms with Gasteiger partial charge in [0.1, 0.15) is 12.6 Å². The molecule has 2 unspecified atom stereocenters. The van der Waals surface area contributed by atoms with E-state index in [1.807, 2.05) is 12.2 Å². The van der Waals surface area contributed by atoms with Gasteiger partial charge in [-0.15, -0.1) is 0 Å². The number of unbranched alkanes of at least 4 members (excludes halogenated alkanes) is 20. The van der Waals surface area contributed by atoms with Crippen molar-refractivity contribution in [2.75, 3.05) is 41.0 Å². The molecule has 0 N–H and O–H groups in total. The third-order valence-corrected chi connectivity index (χ3v) is 10.0. The summed E-state index contributed by atoms with van der Waals surface area (Å²) in [6, 6.07) is -0.731. The molecule has 0 rings (SSSR count). The molecule has 0 amide bonds. The van der Waals surface area contributed by atoms with Crippen LogP contribution in [0.1, 0.15) is 187 Å². The molecule has 8 nitrogen and oxygen atoms in total. The first kappa shape index (κ1) is 53.3. The molecule has 0 aromatic heterocycles. The number of nitrogens with zero attached hydrogens (tertiary/aromatic N) is 1. The van der Waals surface area contributed by atoms with Gasteiger partial charge in [-0.25, -0.2) is 0 Å². The summed E-state index contributed by atoms with van der Waals surface area (Å²) in [5.41, 5.74) is 0. The van der Waals surface area contributed by atoms with E-state index in [1.165, 1.54) is 89.9 Å². The average molecular weight is 788 g/mol. The van der Waals surface area contributed by atoms with E-state index in [4.69, 9.17) is 14.2 Å². The zero-order chi connectivity index (χ0) is 41.4. The molecule has 0 aromatic rings. The first-order chi connectivity index (χ1) is 27.1. The van der Waals surface area contributed by atoms with Crippen LogP contribution in [-0.4, -0.2) is 75.5 Å². The largest absolute Gasteiger partial charge is 0.544 e. The Bertz CT molecular complexity index is 1060. The van der Waals surface area contributed by atoms with Gasteiger partial charge in [0.2, 0.25) is 0 Å². The fourth-order valence-electron chi connectivity index (χ4n) is 6.48. The maximum Gasteiger partial charge on any atom is 0.306 e. The number of hydrogen-bond donors (Lipinski definition) is 0. The second-order valence-electron chi connectivity index (χ2n) is 16.3. The third-order valence-electron chi connectivity index (χ3n) is 10.0. The minimum Gasteiger partial charge on any atom is -0.544 e. The van der Waals surface area contributed by atoms with Crippen LogP contribution in [0.25, 0.3) is 0 Å². The minimum atomic E-state index is -1.13. The van der Waals surface area contributed by atoms with Gasteiger partial charge >= 0.3 is 11.9 Å². The highest BCUT2D eigenvalue weighted by Crippen LogP contribution is 2.14. The number of carboxylic acids is 1. The van der Waals surface area contributed by atoms with Gasteiger partial charge in [-0.2, -0.15) is 0 Å². The molecule has 0 heterocycles. The van der Waals surface area contributed by atoms with Gasteiger partial charge in [-0.05, 0) is 57.8 Å². The van der Waals surface area contributed by atoms with Crippen molar-refractivity contribution in [3.05, 3.63) is 48.6 Å². The first-order valence-electron chi connectivity index (χ1n) is 22.7. The zero-order valence-corrected chi connectivity index (χ0v) is 36.8.